The van der Waals surface area contributed by atoms with E-state index in [2.05, 4.69) is 6.07 Å². The minimum Gasteiger partial charge on any atom is -0.284 e. The number of fused-ring (bicyclic) bond motifs is 1. The van der Waals surface area contributed by atoms with Crippen LogP contribution in [0.2, 0.25) is 0 Å². The van der Waals surface area contributed by atoms with E-state index in [1.807, 2.05) is 6.29 Å². The van der Waals surface area contributed by atoms with E-state index in [1.165, 1.54) is 61.8 Å². The molecule has 1 spiro atoms. The highest BCUT2D eigenvalue weighted by atomic mass is 32.1. The van der Waals surface area contributed by atoms with E-state index in [0.29, 0.717) is 5.41 Å². The number of aryl methyl sites for hydroxylation is 1. The lowest BCUT2D eigenvalue weighted by Gasteiger charge is -2.40. The summed E-state index contributed by atoms with van der Waals surface area (Å²) in [5.41, 5.74) is 2.02. The second-order valence-corrected chi connectivity index (χ2v) is 6.54. The molecule has 0 aromatic carbocycles. The summed E-state index contributed by atoms with van der Waals surface area (Å²) in [5, 5.41) is 0. The molecule has 1 nitrogen and oxygen atoms in total. The quantitative estimate of drug-likeness (QED) is 0.723. The molecular weight excluding hydrogens is 216 g/mol. The van der Waals surface area contributed by atoms with Gasteiger partial charge < -0.3 is 0 Å². The maximum absolute atomic E-state index is 10.7. The van der Waals surface area contributed by atoms with E-state index in [-0.39, 0.29) is 0 Å². The Bertz CT molecular complexity index is 399. The molecule has 2 aliphatic carbocycles. The van der Waals surface area contributed by atoms with Crippen molar-refractivity contribution in [2.24, 2.45) is 5.41 Å². The Balaban J connectivity index is 1.86. The van der Waals surface area contributed by atoms with Gasteiger partial charge in [-0.25, -0.2) is 0 Å². The van der Waals surface area contributed by atoms with Crippen molar-refractivity contribution in [2.45, 2.75) is 51.4 Å². The second kappa shape index (κ2) is 3.99. The van der Waals surface area contributed by atoms with E-state index < -0.39 is 0 Å². The molecule has 16 heavy (non-hydrogen) atoms. The topological polar surface area (TPSA) is 17.1 Å². The van der Waals surface area contributed by atoms with Crippen LogP contribution in [0, 0.1) is 5.41 Å². The zero-order valence-corrected chi connectivity index (χ0v) is 10.4. The lowest BCUT2D eigenvalue weighted by Crippen LogP contribution is -2.30. The molecule has 1 heterocycles. The van der Waals surface area contributed by atoms with Gasteiger partial charge in [-0.15, -0.1) is 11.3 Å². The Hall–Kier alpha value is -0.630. The van der Waals surface area contributed by atoms with Gasteiger partial charge in [0.05, 0.1) is 4.88 Å². The molecule has 1 aromatic rings. The largest absolute Gasteiger partial charge is 0.284 e. The highest BCUT2D eigenvalue weighted by Gasteiger charge is 2.36. The highest BCUT2D eigenvalue weighted by molar-refractivity contribution is 7.13. The number of hydrogen-bond acceptors (Lipinski definition) is 2. The fraction of sp³-hybridized carbons (Fsp3) is 0.643. The molecule has 2 aliphatic rings. The molecule has 2 heteroatoms. The lowest BCUT2D eigenvalue weighted by molar-refractivity contribution is 0.164. The summed E-state index contributed by atoms with van der Waals surface area (Å²) >= 11 is 1.68. The fourth-order valence-electron chi connectivity index (χ4n) is 3.44. The van der Waals surface area contributed by atoms with Gasteiger partial charge in [0.1, 0.15) is 0 Å². The molecular formula is C14H17OS. The SMILES string of the molecule is O=[C]c1cc2c(s1)CC1(CCCCC1)CC2. The number of thiophene rings is 1. The van der Waals surface area contributed by atoms with E-state index in [1.54, 1.807) is 11.3 Å². The van der Waals surface area contributed by atoms with Crippen molar-refractivity contribution in [3.05, 3.63) is 21.4 Å². The van der Waals surface area contributed by atoms with Gasteiger partial charge in [-0.05, 0) is 49.1 Å². The fourth-order valence-corrected chi connectivity index (χ4v) is 4.61. The Morgan fingerprint density at radius 1 is 1.19 bits per heavy atom. The van der Waals surface area contributed by atoms with E-state index in [9.17, 15) is 4.79 Å². The first-order valence-corrected chi connectivity index (χ1v) is 7.13. The van der Waals surface area contributed by atoms with Gasteiger partial charge in [0.2, 0.25) is 6.29 Å². The third-order valence-corrected chi connectivity index (χ3v) is 5.45. The zero-order valence-electron chi connectivity index (χ0n) is 9.55. The third kappa shape index (κ3) is 1.73. The normalized spacial score (nSPS) is 23.0. The molecule has 0 N–H and O–H groups in total. The smallest absolute Gasteiger partial charge is 0.244 e. The average molecular weight is 233 g/mol. The van der Waals surface area contributed by atoms with Crippen LogP contribution < -0.4 is 0 Å². The summed E-state index contributed by atoms with van der Waals surface area (Å²) in [6.07, 6.45) is 12.9. The first-order valence-electron chi connectivity index (χ1n) is 6.31. The van der Waals surface area contributed by atoms with E-state index in [0.717, 1.165) is 4.88 Å². The van der Waals surface area contributed by atoms with Crippen LogP contribution in [0.4, 0.5) is 0 Å². The summed E-state index contributed by atoms with van der Waals surface area (Å²) in [7, 11) is 0. The Morgan fingerprint density at radius 3 is 2.75 bits per heavy atom. The molecule has 0 unspecified atom stereocenters. The molecule has 0 atom stereocenters. The maximum atomic E-state index is 10.7. The van der Waals surface area contributed by atoms with Gasteiger partial charge in [0.25, 0.3) is 0 Å². The molecule has 1 fully saturated rings. The van der Waals surface area contributed by atoms with Crippen LogP contribution >= 0.6 is 11.3 Å². The number of hydrogen-bond donors (Lipinski definition) is 0. The molecule has 3 rings (SSSR count). The second-order valence-electron chi connectivity index (χ2n) is 5.40. The first kappa shape index (κ1) is 10.5. The van der Waals surface area contributed by atoms with Crippen molar-refractivity contribution in [3.63, 3.8) is 0 Å². The van der Waals surface area contributed by atoms with Crippen molar-refractivity contribution < 1.29 is 4.79 Å². The Labute approximate surface area is 101 Å². The molecule has 0 aliphatic heterocycles. The monoisotopic (exact) mass is 233 g/mol. The predicted molar refractivity (Wildman–Crippen MR) is 66.7 cm³/mol. The van der Waals surface area contributed by atoms with Gasteiger partial charge in [0.15, 0.2) is 0 Å². The zero-order chi connectivity index (χ0) is 11.0. The van der Waals surface area contributed by atoms with Crippen LogP contribution in [0.3, 0.4) is 0 Å². The van der Waals surface area contributed by atoms with Crippen molar-refractivity contribution >= 4 is 17.6 Å². The van der Waals surface area contributed by atoms with Crippen molar-refractivity contribution in [2.75, 3.05) is 0 Å². The molecule has 0 saturated heterocycles. The molecule has 1 aromatic heterocycles. The summed E-state index contributed by atoms with van der Waals surface area (Å²) < 4.78 is 0. The van der Waals surface area contributed by atoms with Gasteiger partial charge >= 0.3 is 0 Å². The van der Waals surface area contributed by atoms with Gasteiger partial charge in [-0.2, -0.15) is 0 Å². The van der Waals surface area contributed by atoms with Gasteiger partial charge in [0, 0.05) is 4.88 Å². The summed E-state index contributed by atoms with van der Waals surface area (Å²) in [4.78, 5) is 13.0. The maximum Gasteiger partial charge on any atom is 0.244 e. The summed E-state index contributed by atoms with van der Waals surface area (Å²) in [6, 6.07) is 2.06. The minimum atomic E-state index is 0.594. The molecule has 1 saturated carbocycles. The van der Waals surface area contributed by atoms with Crippen LogP contribution in [0.15, 0.2) is 6.07 Å². The van der Waals surface area contributed by atoms with Crippen LogP contribution in [-0.4, -0.2) is 6.29 Å². The Kier molecular flexibility index (Phi) is 2.62. The van der Waals surface area contributed by atoms with Gasteiger partial charge in [-0.1, -0.05) is 19.3 Å². The van der Waals surface area contributed by atoms with Gasteiger partial charge in [-0.3, -0.25) is 4.79 Å². The molecule has 85 valence electrons. The summed E-state index contributed by atoms with van der Waals surface area (Å²) in [5.74, 6) is 0. The van der Waals surface area contributed by atoms with Crippen molar-refractivity contribution in [1.29, 1.82) is 0 Å². The third-order valence-electron chi connectivity index (χ3n) is 4.37. The minimum absolute atomic E-state index is 0.594. The van der Waals surface area contributed by atoms with Crippen LogP contribution in [0.1, 0.15) is 53.8 Å². The summed E-state index contributed by atoms with van der Waals surface area (Å²) in [6.45, 7) is 0. The average Bonchev–Trinajstić information content (AvgIpc) is 2.72. The van der Waals surface area contributed by atoms with E-state index in [4.69, 9.17) is 0 Å². The lowest BCUT2D eigenvalue weighted by atomic mass is 9.66. The standard InChI is InChI=1S/C14H17OS/c15-10-12-8-11-4-7-14(9-13(11)16-12)5-2-1-3-6-14/h8H,1-7,9H2. The molecule has 0 amide bonds. The first-order chi connectivity index (χ1) is 7.81. The van der Waals surface area contributed by atoms with E-state index >= 15 is 0 Å². The predicted octanol–water partition coefficient (Wildman–Crippen LogP) is 3.65. The molecule has 1 radical (unpaired) electrons. The van der Waals surface area contributed by atoms with Crippen LogP contribution in [-0.2, 0) is 17.6 Å². The van der Waals surface area contributed by atoms with Crippen LogP contribution in [0.25, 0.3) is 0 Å². The Morgan fingerprint density at radius 2 is 2.00 bits per heavy atom. The van der Waals surface area contributed by atoms with Crippen molar-refractivity contribution in [1.82, 2.24) is 0 Å². The highest BCUT2D eigenvalue weighted by Crippen LogP contribution is 2.47. The molecule has 0 bridgehead atoms. The van der Waals surface area contributed by atoms with Crippen molar-refractivity contribution in [3.8, 4) is 0 Å². The van der Waals surface area contributed by atoms with Crippen LogP contribution in [0.5, 0.6) is 0 Å². The number of carbonyl (C=O) groups excluding carboxylic acids is 1. The number of rotatable bonds is 1.